The second-order valence-corrected chi connectivity index (χ2v) is 6.66. The second kappa shape index (κ2) is 7.38. The van der Waals surface area contributed by atoms with Crippen molar-refractivity contribution in [3.8, 4) is 0 Å². The number of hydrogen-bond acceptors (Lipinski definition) is 2. The molecule has 2 aliphatic carbocycles. The molecule has 0 N–H and O–H groups in total. The van der Waals surface area contributed by atoms with Gasteiger partial charge >= 0.3 is 0 Å². The first-order chi connectivity index (χ1) is 8.34. The Morgan fingerprint density at radius 1 is 0.882 bits per heavy atom. The molecule has 2 fully saturated rings. The lowest BCUT2D eigenvalue weighted by Gasteiger charge is -2.21. The Morgan fingerprint density at radius 2 is 1.47 bits per heavy atom. The highest BCUT2D eigenvalue weighted by atomic mass is 31.1. The van der Waals surface area contributed by atoms with Crippen LogP contribution < -0.4 is 0 Å². The molecule has 3 heteroatoms. The molecular formula is C14H25O2P. The minimum absolute atomic E-state index is 0.270. The van der Waals surface area contributed by atoms with Crippen molar-refractivity contribution in [1.29, 1.82) is 0 Å². The van der Waals surface area contributed by atoms with Gasteiger partial charge in [-0.1, -0.05) is 44.6 Å². The van der Waals surface area contributed by atoms with Gasteiger partial charge < -0.3 is 4.52 Å². The maximum Gasteiger partial charge on any atom is 0.213 e. The molecule has 17 heavy (non-hydrogen) atoms. The Labute approximate surface area is 106 Å². The SMILES string of the molecule is O=[PH](C=CC1CCCCC1)OC1CCCCC1. The van der Waals surface area contributed by atoms with E-state index in [-0.39, 0.29) is 6.10 Å². The lowest BCUT2D eigenvalue weighted by molar-refractivity contribution is 0.168. The van der Waals surface area contributed by atoms with E-state index in [2.05, 4.69) is 6.08 Å². The van der Waals surface area contributed by atoms with Crippen LogP contribution in [-0.4, -0.2) is 6.10 Å². The molecule has 2 aliphatic rings. The Hall–Kier alpha value is -0.0700. The summed E-state index contributed by atoms with van der Waals surface area (Å²) in [5, 5.41) is 0. The fraction of sp³-hybridized carbons (Fsp3) is 0.857. The van der Waals surface area contributed by atoms with Crippen molar-refractivity contribution >= 4 is 8.03 Å². The van der Waals surface area contributed by atoms with E-state index in [1.54, 1.807) is 0 Å². The fourth-order valence-corrected chi connectivity index (χ4v) is 4.00. The normalized spacial score (nSPS) is 26.4. The zero-order chi connectivity index (χ0) is 11.9. The van der Waals surface area contributed by atoms with Gasteiger partial charge in [-0.05, 0) is 37.4 Å². The Morgan fingerprint density at radius 3 is 2.12 bits per heavy atom. The summed E-state index contributed by atoms with van der Waals surface area (Å²) >= 11 is 0. The van der Waals surface area contributed by atoms with Crippen LogP contribution in [0, 0.1) is 5.92 Å². The van der Waals surface area contributed by atoms with Crippen LogP contribution in [0.5, 0.6) is 0 Å². The molecule has 2 nitrogen and oxygen atoms in total. The predicted octanol–water partition coefficient (Wildman–Crippen LogP) is 4.90. The van der Waals surface area contributed by atoms with E-state index in [9.17, 15) is 4.57 Å². The third-order valence-electron chi connectivity index (χ3n) is 3.99. The molecule has 0 aromatic heterocycles. The molecule has 2 saturated carbocycles. The summed E-state index contributed by atoms with van der Waals surface area (Å²) in [6.07, 6.45) is 15.0. The van der Waals surface area contributed by atoms with Gasteiger partial charge in [0.05, 0.1) is 6.10 Å². The van der Waals surface area contributed by atoms with Gasteiger partial charge in [-0.15, -0.1) is 0 Å². The maximum atomic E-state index is 11.8. The van der Waals surface area contributed by atoms with Gasteiger partial charge in [0.1, 0.15) is 0 Å². The first kappa shape index (κ1) is 13.4. The minimum atomic E-state index is -1.92. The van der Waals surface area contributed by atoms with E-state index in [0.717, 1.165) is 12.8 Å². The van der Waals surface area contributed by atoms with Crippen LogP contribution in [0.15, 0.2) is 11.9 Å². The summed E-state index contributed by atoms with van der Waals surface area (Å²) in [6.45, 7) is 0. The van der Waals surface area contributed by atoms with E-state index < -0.39 is 8.03 Å². The van der Waals surface area contributed by atoms with E-state index in [1.165, 1.54) is 51.4 Å². The van der Waals surface area contributed by atoms with Gasteiger partial charge in [-0.2, -0.15) is 0 Å². The quantitative estimate of drug-likeness (QED) is 0.668. The summed E-state index contributed by atoms with van der Waals surface area (Å²) < 4.78 is 17.5. The summed E-state index contributed by atoms with van der Waals surface area (Å²) in [7, 11) is -1.92. The zero-order valence-corrected chi connectivity index (χ0v) is 11.7. The first-order valence-electron chi connectivity index (χ1n) is 7.23. The Kier molecular flexibility index (Phi) is 5.80. The molecular weight excluding hydrogens is 231 g/mol. The minimum Gasteiger partial charge on any atom is -0.324 e. The molecule has 2 rings (SSSR count). The Balaban J connectivity index is 1.69. The van der Waals surface area contributed by atoms with E-state index in [4.69, 9.17) is 4.52 Å². The van der Waals surface area contributed by atoms with Gasteiger partial charge in [0.25, 0.3) is 0 Å². The van der Waals surface area contributed by atoms with Crippen LogP contribution in [0.25, 0.3) is 0 Å². The third-order valence-corrected chi connectivity index (χ3v) is 5.02. The van der Waals surface area contributed by atoms with Crippen LogP contribution in [0.2, 0.25) is 0 Å². The van der Waals surface area contributed by atoms with E-state index >= 15 is 0 Å². The summed E-state index contributed by atoms with van der Waals surface area (Å²) in [5.41, 5.74) is 0. The average molecular weight is 256 g/mol. The predicted molar refractivity (Wildman–Crippen MR) is 72.7 cm³/mol. The van der Waals surface area contributed by atoms with Crippen molar-refractivity contribution < 1.29 is 9.09 Å². The molecule has 1 unspecified atom stereocenters. The summed E-state index contributed by atoms with van der Waals surface area (Å²) in [5.74, 6) is 2.52. The van der Waals surface area contributed by atoms with Crippen LogP contribution in [0.1, 0.15) is 64.2 Å². The van der Waals surface area contributed by atoms with Crippen molar-refractivity contribution in [2.75, 3.05) is 0 Å². The molecule has 0 bridgehead atoms. The highest BCUT2D eigenvalue weighted by molar-refractivity contribution is 7.42. The van der Waals surface area contributed by atoms with Gasteiger partial charge in [-0.25, -0.2) is 0 Å². The van der Waals surface area contributed by atoms with Crippen LogP contribution in [0.4, 0.5) is 0 Å². The van der Waals surface area contributed by atoms with Crippen molar-refractivity contribution in [2.45, 2.75) is 70.3 Å². The van der Waals surface area contributed by atoms with Crippen LogP contribution >= 0.6 is 8.03 Å². The highest BCUT2D eigenvalue weighted by Gasteiger charge is 2.15. The molecule has 0 radical (unpaired) electrons. The molecule has 0 aromatic rings. The summed E-state index contributed by atoms with van der Waals surface area (Å²) in [6, 6.07) is 0. The molecule has 0 saturated heterocycles. The Bertz CT molecular complexity index is 263. The van der Waals surface area contributed by atoms with Gasteiger partial charge in [0, 0.05) is 0 Å². The summed E-state index contributed by atoms with van der Waals surface area (Å²) in [4.78, 5) is 0. The lowest BCUT2D eigenvalue weighted by Crippen LogP contribution is -2.12. The van der Waals surface area contributed by atoms with E-state index in [0.29, 0.717) is 5.92 Å². The highest BCUT2D eigenvalue weighted by Crippen LogP contribution is 2.34. The number of allylic oxidation sites excluding steroid dienone is 1. The fourth-order valence-electron chi connectivity index (χ4n) is 2.93. The maximum absolute atomic E-state index is 11.8. The van der Waals surface area contributed by atoms with Crippen LogP contribution in [-0.2, 0) is 9.09 Å². The second-order valence-electron chi connectivity index (χ2n) is 5.45. The molecule has 0 heterocycles. The lowest BCUT2D eigenvalue weighted by atomic mass is 9.90. The average Bonchev–Trinajstić information content (AvgIpc) is 2.39. The molecule has 0 amide bonds. The van der Waals surface area contributed by atoms with Gasteiger partial charge in [0.15, 0.2) is 0 Å². The number of rotatable bonds is 4. The van der Waals surface area contributed by atoms with Gasteiger partial charge in [-0.3, -0.25) is 4.57 Å². The molecule has 0 spiro atoms. The first-order valence-corrected chi connectivity index (χ1v) is 8.63. The van der Waals surface area contributed by atoms with Crippen molar-refractivity contribution in [3.63, 3.8) is 0 Å². The molecule has 0 aromatic carbocycles. The third kappa shape index (κ3) is 4.97. The molecule has 98 valence electrons. The molecule has 0 aliphatic heterocycles. The molecule has 1 atom stereocenters. The standard InChI is InChI=1S/C14H25O2P/c15-17(16-14-9-5-2-6-10-14)12-11-13-7-3-1-4-8-13/h11-14,17H,1-10H2. The smallest absolute Gasteiger partial charge is 0.213 e. The van der Waals surface area contributed by atoms with Crippen molar-refractivity contribution in [3.05, 3.63) is 11.9 Å². The van der Waals surface area contributed by atoms with E-state index in [1.807, 2.05) is 5.82 Å². The van der Waals surface area contributed by atoms with Gasteiger partial charge in [0.2, 0.25) is 8.03 Å². The number of hydrogen-bond donors (Lipinski definition) is 0. The van der Waals surface area contributed by atoms with Crippen molar-refractivity contribution in [1.82, 2.24) is 0 Å². The topological polar surface area (TPSA) is 26.3 Å². The largest absolute Gasteiger partial charge is 0.324 e. The van der Waals surface area contributed by atoms with Crippen molar-refractivity contribution in [2.24, 2.45) is 5.92 Å². The zero-order valence-electron chi connectivity index (χ0n) is 10.7. The monoisotopic (exact) mass is 256 g/mol. The van der Waals surface area contributed by atoms with Crippen LogP contribution in [0.3, 0.4) is 0 Å².